The molecule has 7 nitrogen and oxygen atoms in total. The van der Waals surface area contributed by atoms with Gasteiger partial charge in [0.05, 0.1) is 17.3 Å². The maximum Gasteiger partial charge on any atom is 0.451 e. The Hall–Kier alpha value is -2.67. The largest absolute Gasteiger partial charge is 0.451 e. The summed E-state index contributed by atoms with van der Waals surface area (Å²) in [5.74, 6) is -3.38. The van der Waals surface area contributed by atoms with Gasteiger partial charge in [-0.2, -0.15) is 17.5 Å². The lowest BCUT2D eigenvalue weighted by molar-refractivity contribution is -0.122. The minimum atomic E-state index is -4.92. The van der Waals surface area contributed by atoms with Gasteiger partial charge in [0.2, 0.25) is 21.8 Å². The van der Waals surface area contributed by atoms with Crippen LogP contribution in [0, 0.1) is 5.82 Å². The van der Waals surface area contributed by atoms with Gasteiger partial charge in [-0.1, -0.05) is 6.58 Å². The molecular formula is C17H17F5N4O3S. The van der Waals surface area contributed by atoms with E-state index in [1.54, 1.807) is 0 Å². The number of carbonyl (C=O) groups excluding carboxylic acids is 1. The third-order valence-electron chi connectivity index (χ3n) is 4.23. The highest BCUT2D eigenvalue weighted by atomic mass is 32.2. The molecule has 0 aromatic heterocycles. The number of rotatable bonds is 5. The lowest BCUT2D eigenvalue weighted by Crippen LogP contribution is -2.48. The first-order chi connectivity index (χ1) is 13.9. The van der Waals surface area contributed by atoms with Crippen LogP contribution in [0.3, 0.4) is 0 Å². The number of hydrogen-bond donors (Lipinski definition) is 1. The van der Waals surface area contributed by atoms with Crippen LogP contribution in [0.1, 0.15) is 13.3 Å². The number of amides is 1. The Morgan fingerprint density at radius 2 is 1.90 bits per heavy atom. The smallest absolute Gasteiger partial charge is 0.315 e. The van der Waals surface area contributed by atoms with Crippen molar-refractivity contribution in [2.24, 2.45) is 9.98 Å². The minimum Gasteiger partial charge on any atom is -0.315 e. The first-order valence-corrected chi connectivity index (χ1v) is 9.85. The molecule has 0 aliphatic carbocycles. The number of alkyl halides is 4. The highest BCUT2D eigenvalue weighted by Gasteiger charge is 2.49. The SMILES string of the molecule is C=CN=C(N=CNC(=O)[C@@H]1C[C@@H](F)[C@H](C)N1S(=O)(=O)c1ccc(F)cc1)C(F)(F)F. The molecule has 13 heteroatoms. The molecule has 1 aliphatic heterocycles. The molecule has 1 aliphatic rings. The summed E-state index contributed by atoms with van der Waals surface area (Å²) < 4.78 is 91.8. The molecular weight excluding hydrogens is 435 g/mol. The monoisotopic (exact) mass is 452 g/mol. The minimum absolute atomic E-state index is 0.367. The average Bonchev–Trinajstić information content (AvgIpc) is 2.96. The second kappa shape index (κ2) is 9.00. The molecule has 1 N–H and O–H groups in total. The van der Waals surface area contributed by atoms with E-state index in [0.717, 1.165) is 24.3 Å². The van der Waals surface area contributed by atoms with Crippen molar-refractivity contribution >= 4 is 28.1 Å². The molecule has 0 saturated carbocycles. The maximum atomic E-state index is 14.2. The Balaban J connectivity index is 2.27. The summed E-state index contributed by atoms with van der Waals surface area (Å²) in [7, 11) is -4.40. The van der Waals surface area contributed by atoms with Crippen molar-refractivity contribution in [1.29, 1.82) is 0 Å². The van der Waals surface area contributed by atoms with E-state index < -0.39 is 58.4 Å². The number of benzene rings is 1. The lowest BCUT2D eigenvalue weighted by atomic mass is 10.2. The van der Waals surface area contributed by atoms with Crippen LogP contribution >= 0.6 is 0 Å². The summed E-state index contributed by atoms with van der Waals surface area (Å²) in [5, 5.41) is 1.91. The number of sulfonamides is 1. The van der Waals surface area contributed by atoms with E-state index in [1.165, 1.54) is 6.92 Å². The molecule has 1 aromatic rings. The van der Waals surface area contributed by atoms with Crippen LogP contribution in [0.5, 0.6) is 0 Å². The van der Waals surface area contributed by atoms with Gasteiger partial charge in [-0.15, -0.1) is 0 Å². The number of aliphatic imine (C=N–C) groups is 2. The number of carbonyl (C=O) groups is 1. The molecule has 1 amide bonds. The third kappa shape index (κ3) is 5.08. The predicted molar refractivity (Wildman–Crippen MR) is 98.5 cm³/mol. The van der Waals surface area contributed by atoms with Crippen LogP contribution in [0.4, 0.5) is 22.0 Å². The average molecular weight is 452 g/mol. The molecule has 0 bridgehead atoms. The fourth-order valence-electron chi connectivity index (χ4n) is 2.81. The normalized spacial score (nSPS) is 23.7. The van der Waals surface area contributed by atoms with E-state index in [1.807, 2.05) is 5.32 Å². The molecule has 2 rings (SSSR count). The van der Waals surface area contributed by atoms with Crippen LogP contribution in [0.2, 0.25) is 0 Å². The van der Waals surface area contributed by atoms with Crippen molar-refractivity contribution in [3.8, 4) is 0 Å². The van der Waals surface area contributed by atoms with Crippen LogP contribution in [0.25, 0.3) is 0 Å². The van der Waals surface area contributed by atoms with Gasteiger partial charge >= 0.3 is 6.18 Å². The van der Waals surface area contributed by atoms with Crippen LogP contribution in [-0.4, -0.2) is 55.2 Å². The number of halogens is 5. The van der Waals surface area contributed by atoms with Crippen molar-refractivity contribution < 1.29 is 35.2 Å². The molecule has 1 fully saturated rings. The molecule has 30 heavy (non-hydrogen) atoms. The van der Waals surface area contributed by atoms with Gasteiger partial charge in [-0.25, -0.2) is 27.2 Å². The summed E-state index contributed by atoms with van der Waals surface area (Å²) in [4.78, 5) is 17.9. The maximum absolute atomic E-state index is 14.2. The Morgan fingerprint density at radius 3 is 2.43 bits per heavy atom. The molecule has 1 saturated heterocycles. The van der Waals surface area contributed by atoms with Crippen molar-refractivity contribution in [3.63, 3.8) is 0 Å². The Labute approximate surface area is 169 Å². The van der Waals surface area contributed by atoms with E-state index in [-0.39, 0.29) is 4.90 Å². The number of nitrogens with one attached hydrogen (secondary N) is 1. The van der Waals surface area contributed by atoms with Crippen molar-refractivity contribution in [3.05, 3.63) is 42.9 Å². The summed E-state index contributed by atoms with van der Waals surface area (Å²) in [6.45, 7) is 4.26. The quantitative estimate of drug-likeness (QED) is 0.423. The van der Waals surface area contributed by atoms with Gasteiger partial charge in [0.1, 0.15) is 18.0 Å². The van der Waals surface area contributed by atoms with Gasteiger partial charge in [0, 0.05) is 12.6 Å². The predicted octanol–water partition coefficient (Wildman–Crippen LogP) is 2.56. The second-order valence-corrected chi connectivity index (χ2v) is 8.04. The van der Waals surface area contributed by atoms with Crippen molar-refractivity contribution in [2.75, 3.05) is 0 Å². The summed E-state index contributed by atoms with van der Waals surface area (Å²) in [5.41, 5.74) is 0. The highest BCUT2D eigenvalue weighted by Crippen LogP contribution is 2.33. The summed E-state index contributed by atoms with van der Waals surface area (Å²) >= 11 is 0. The molecule has 1 aromatic carbocycles. The first kappa shape index (κ1) is 23.6. The zero-order valence-electron chi connectivity index (χ0n) is 15.5. The Bertz CT molecular complexity index is 961. The molecule has 164 valence electrons. The van der Waals surface area contributed by atoms with E-state index >= 15 is 0 Å². The summed E-state index contributed by atoms with van der Waals surface area (Å²) in [6.07, 6.45) is -6.16. The van der Waals surface area contributed by atoms with Crippen molar-refractivity contribution in [1.82, 2.24) is 9.62 Å². The summed E-state index contributed by atoms with van der Waals surface area (Å²) in [6, 6.07) is 0.907. The first-order valence-electron chi connectivity index (χ1n) is 8.41. The molecule has 0 spiro atoms. The third-order valence-corrected chi connectivity index (χ3v) is 6.24. The van der Waals surface area contributed by atoms with E-state index in [9.17, 15) is 35.2 Å². The van der Waals surface area contributed by atoms with Gasteiger partial charge < -0.3 is 5.32 Å². The van der Waals surface area contributed by atoms with E-state index in [4.69, 9.17) is 0 Å². The highest BCUT2D eigenvalue weighted by molar-refractivity contribution is 7.89. The van der Waals surface area contributed by atoms with Gasteiger partial charge in [-0.05, 0) is 31.2 Å². The lowest BCUT2D eigenvalue weighted by Gasteiger charge is -2.26. The number of hydrogen-bond acceptors (Lipinski definition) is 4. The fraction of sp³-hybridized carbons (Fsp3) is 0.353. The van der Waals surface area contributed by atoms with Gasteiger partial charge in [0.25, 0.3) is 0 Å². The second-order valence-electron chi connectivity index (χ2n) is 6.20. The van der Waals surface area contributed by atoms with E-state index in [2.05, 4.69) is 16.6 Å². The van der Waals surface area contributed by atoms with Crippen LogP contribution in [-0.2, 0) is 14.8 Å². The van der Waals surface area contributed by atoms with Gasteiger partial charge in [0.15, 0.2) is 0 Å². The zero-order valence-corrected chi connectivity index (χ0v) is 16.3. The Kier molecular flexibility index (Phi) is 7.08. The fourth-order valence-corrected chi connectivity index (χ4v) is 4.62. The molecule has 3 atom stereocenters. The van der Waals surface area contributed by atoms with Gasteiger partial charge in [-0.3, -0.25) is 4.79 Å². The number of amidine groups is 1. The van der Waals surface area contributed by atoms with Crippen molar-refractivity contribution in [2.45, 2.75) is 42.7 Å². The number of nitrogens with zero attached hydrogens (tertiary/aromatic N) is 3. The molecule has 0 radical (unpaired) electrons. The zero-order chi connectivity index (χ0) is 22.7. The molecule has 1 heterocycles. The molecule has 0 unspecified atom stereocenters. The topological polar surface area (TPSA) is 91.2 Å². The van der Waals surface area contributed by atoms with Crippen LogP contribution in [0.15, 0.2) is 51.9 Å². The van der Waals surface area contributed by atoms with Crippen LogP contribution < -0.4 is 5.32 Å². The Morgan fingerprint density at radius 1 is 1.30 bits per heavy atom. The standard InChI is InChI=1S/C17H17F5N4O3S/c1-3-23-16(17(20,21)22)25-9-24-15(27)14-8-13(19)10(2)26(14)30(28,29)12-6-4-11(18)5-7-12/h3-7,9-10,13-14H,1,8H2,2H3,(H,23,24,25,27)/t10-,13+,14-/m0/s1. The van der Waals surface area contributed by atoms with E-state index in [0.29, 0.717) is 16.8 Å².